The van der Waals surface area contributed by atoms with E-state index in [2.05, 4.69) is 22.4 Å². The van der Waals surface area contributed by atoms with Gasteiger partial charge in [-0.15, -0.1) is 0 Å². The second-order valence-corrected chi connectivity index (χ2v) is 4.61. The molecule has 1 heterocycles. The molecule has 2 rings (SSSR count). The number of hydrogen-bond acceptors (Lipinski definition) is 2. The van der Waals surface area contributed by atoms with E-state index in [-0.39, 0.29) is 0 Å². The summed E-state index contributed by atoms with van der Waals surface area (Å²) in [5.41, 5.74) is 1.26. The monoisotopic (exact) mass is 207 g/mol. The van der Waals surface area contributed by atoms with Crippen LogP contribution in [0.1, 0.15) is 57.1 Å². The molecule has 1 unspecified atom stereocenters. The van der Waals surface area contributed by atoms with Gasteiger partial charge in [-0.25, -0.2) is 0 Å². The van der Waals surface area contributed by atoms with E-state index in [1.54, 1.807) is 0 Å². The Morgan fingerprint density at radius 3 is 2.67 bits per heavy atom. The van der Waals surface area contributed by atoms with Crippen molar-refractivity contribution in [2.75, 3.05) is 0 Å². The molecule has 2 N–H and O–H groups in total. The minimum absolute atomic E-state index is 0.423. The first-order chi connectivity index (χ1) is 7.36. The first-order valence-corrected chi connectivity index (χ1v) is 6.11. The molecule has 0 bridgehead atoms. The molecule has 84 valence electrons. The van der Waals surface area contributed by atoms with Gasteiger partial charge in [0, 0.05) is 23.8 Å². The molecule has 0 aromatic carbocycles. The van der Waals surface area contributed by atoms with E-state index >= 15 is 0 Å². The van der Waals surface area contributed by atoms with Crippen molar-refractivity contribution in [1.82, 2.24) is 15.5 Å². The van der Waals surface area contributed by atoms with Crippen LogP contribution in [-0.4, -0.2) is 16.2 Å². The zero-order valence-electron chi connectivity index (χ0n) is 9.50. The van der Waals surface area contributed by atoms with Crippen LogP contribution in [0.2, 0.25) is 0 Å². The van der Waals surface area contributed by atoms with Gasteiger partial charge in [0.1, 0.15) is 0 Å². The van der Waals surface area contributed by atoms with Crippen LogP contribution in [0.3, 0.4) is 0 Å². The summed E-state index contributed by atoms with van der Waals surface area (Å²) in [4.78, 5) is 0. The van der Waals surface area contributed by atoms with E-state index in [4.69, 9.17) is 0 Å². The van der Waals surface area contributed by atoms with E-state index in [1.165, 1.54) is 44.1 Å². The van der Waals surface area contributed by atoms with Crippen LogP contribution in [0.25, 0.3) is 0 Å². The molecule has 1 atom stereocenters. The van der Waals surface area contributed by atoms with Crippen LogP contribution in [0.5, 0.6) is 0 Å². The zero-order valence-corrected chi connectivity index (χ0v) is 9.50. The van der Waals surface area contributed by atoms with Gasteiger partial charge in [-0.1, -0.05) is 25.7 Å². The molecule has 1 aromatic heterocycles. The Morgan fingerprint density at radius 2 is 2.07 bits per heavy atom. The van der Waals surface area contributed by atoms with E-state index in [0.29, 0.717) is 12.1 Å². The molecule has 15 heavy (non-hydrogen) atoms. The topological polar surface area (TPSA) is 40.7 Å². The van der Waals surface area contributed by atoms with Gasteiger partial charge in [0.25, 0.3) is 0 Å². The minimum atomic E-state index is 0.423. The van der Waals surface area contributed by atoms with Gasteiger partial charge in [-0.05, 0) is 19.8 Å². The van der Waals surface area contributed by atoms with Gasteiger partial charge >= 0.3 is 0 Å². The van der Waals surface area contributed by atoms with Crippen LogP contribution in [-0.2, 0) is 0 Å². The lowest BCUT2D eigenvalue weighted by Crippen LogP contribution is -2.30. The molecular formula is C12H21N3. The molecular weight excluding hydrogens is 186 g/mol. The Balaban J connectivity index is 1.84. The summed E-state index contributed by atoms with van der Waals surface area (Å²) in [7, 11) is 0. The zero-order chi connectivity index (χ0) is 10.5. The van der Waals surface area contributed by atoms with Crippen LogP contribution in [0, 0.1) is 0 Å². The highest BCUT2D eigenvalue weighted by molar-refractivity contribution is 5.08. The van der Waals surface area contributed by atoms with E-state index in [0.717, 1.165) is 0 Å². The van der Waals surface area contributed by atoms with Crippen molar-refractivity contribution >= 4 is 0 Å². The Labute approximate surface area is 91.7 Å². The summed E-state index contributed by atoms with van der Waals surface area (Å²) >= 11 is 0. The average Bonchev–Trinajstić information content (AvgIpc) is 2.65. The highest BCUT2D eigenvalue weighted by atomic mass is 15.1. The summed E-state index contributed by atoms with van der Waals surface area (Å²) in [5, 5.41) is 10.6. The van der Waals surface area contributed by atoms with Crippen molar-refractivity contribution in [2.24, 2.45) is 0 Å². The third-order valence-corrected chi connectivity index (χ3v) is 3.36. The predicted molar refractivity (Wildman–Crippen MR) is 61.6 cm³/mol. The van der Waals surface area contributed by atoms with Crippen molar-refractivity contribution in [1.29, 1.82) is 0 Å². The highest BCUT2D eigenvalue weighted by Crippen LogP contribution is 2.20. The fourth-order valence-electron chi connectivity index (χ4n) is 2.39. The molecule has 3 heteroatoms. The second-order valence-electron chi connectivity index (χ2n) is 4.61. The average molecular weight is 207 g/mol. The SMILES string of the molecule is CC(NC1CCCCCC1)c1cn[nH]c1. The maximum Gasteiger partial charge on any atom is 0.0534 e. The number of nitrogens with zero attached hydrogens (tertiary/aromatic N) is 1. The van der Waals surface area contributed by atoms with Gasteiger partial charge in [-0.2, -0.15) is 5.10 Å². The lowest BCUT2D eigenvalue weighted by atomic mass is 10.1. The van der Waals surface area contributed by atoms with Crippen LogP contribution in [0.4, 0.5) is 0 Å². The van der Waals surface area contributed by atoms with Gasteiger partial charge in [0.2, 0.25) is 0 Å². The minimum Gasteiger partial charge on any atom is -0.307 e. The Hall–Kier alpha value is -0.830. The van der Waals surface area contributed by atoms with Gasteiger partial charge < -0.3 is 5.32 Å². The lowest BCUT2D eigenvalue weighted by molar-refractivity contribution is 0.414. The van der Waals surface area contributed by atoms with Crippen molar-refractivity contribution in [3.8, 4) is 0 Å². The molecule has 0 radical (unpaired) electrons. The Kier molecular flexibility index (Phi) is 3.78. The van der Waals surface area contributed by atoms with Gasteiger partial charge in [-0.3, -0.25) is 5.10 Å². The molecule has 1 aliphatic carbocycles. The summed E-state index contributed by atoms with van der Waals surface area (Å²) in [6.45, 7) is 2.22. The fraction of sp³-hybridized carbons (Fsp3) is 0.750. The van der Waals surface area contributed by atoms with Crippen LogP contribution in [0.15, 0.2) is 12.4 Å². The molecule has 1 aromatic rings. The third-order valence-electron chi connectivity index (χ3n) is 3.36. The van der Waals surface area contributed by atoms with Crippen molar-refractivity contribution < 1.29 is 0 Å². The number of aromatic nitrogens is 2. The standard InChI is InChI=1S/C12H21N3/c1-10(11-8-13-14-9-11)15-12-6-4-2-3-5-7-12/h8-10,12,15H,2-7H2,1H3,(H,13,14). The number of H-pyrrole nitrogens is 1. The first-order valence-electron chi connectivity index (χ1n) is 6.11. The van der Waals surface area contributed by atoms with Gasteiger partial charge in [0.15, 0.2) is 0 Å². The molecule has 3 nitrogen and oxygen atoms in total. The molecule has 0 aliphatic heterocycles. The smallest absolute Gasteiger partial charge is 0.0534 e. The molecule has 0 spiro atoms. The first kappa shape index (κ1) is 10.7. The fourth-order valence-corrected chi connectivity index (χ4v) is 2.39. The predicted octanol–water partition coefficient (Wildman–Crippen LogP) is 2.78. The molecule has 0 amide bonds. The van der Waals surface area contributed by atoms with Crippen molar-refractivity contribution in [2.45, 2.75) is 57.5 Å². The molecule has 1 saturated carbocycles. The number of rotatable bonds is 3. The molecule has 0 saturated heterocycles. The molecule has 1 fully saturated rings. The quantitative estimate of drug-likeness (QED) is 0.748. The highest BCUT2D eigenvalue weighted by Gasteiger charge is 2.15. The maximum atomic E-state index is 3.99. The Morgan fingerprint density at radius 1 is 1.33 bits per heavy atom. The maximum absolute atomic E-state index is 3.99. The van der Waals surface area contributed by atoms with E-state index < -0.39 is 0 Å². The third kappa shape index (κ3) is 3.06. The molecule has 1 aliphatic rings. The number of hydrogen-bond donors (Lipinski definition) is 2. The lowest BCUT2D eigenvalue weighted by Gasteiger charge is -2.21. The van der Waals surface area contributed by atoms with Gasteiger partial charge in [0.05, 0.1) is 6.20 Å². The number of aromatic amines is 1. The summed E-state index contributed by atoms with van der Waals surface area (Å²) < 4.78 is 0. The van der Waals surface area contributed by atoms with E-state index in [9.17, 15) is 0 Å². The Bertz CT molecular complexity index is 260. The van der Waals surface area contributed by atoms with Crippen molar-refractivity contribution in [3.63, 3.8) is 0 Å². The second kappa shape index (κ2) is 5.31. The van der Waals surface area contributed by atoms with Crippen molar-refractivity contribution in [3.05, 3.63) is 18.0 Å². The summed E-state index contributed by atoms with van der Waals surface area (Å²) in [6.07, 6.45) is 12.2. The van der Waals surface area contributed by atoms with E-state index in [1.807, 2.05) is 12.4 Å². The number of nitrogens with one attached hydrogen (secondary N) is 2. The largest absolute Gasteiger partial charge is 0.307 e. The van der Waals surface area contributed by atoms with Crippen LogP contribution >= 0.6 is 0 Å². The summed E-state index contributed by atoms with van der Waals surface area (Å²) in [5.74, 6) is 0. The van der Waals surface area contributed by atoms with Crippen LogP contribution < -0.4 is 5.32 Å². The normalized spacial score (nSPS) is 21.1. The summed E-state index contributed by atoms with van der Waals surface area (Å²) in [6, 6.07) is 1.13.